The van der Waals surface area contributed by atoms with Crippen molar-refractivity contribution in [2.75, 3.05) is 6.61 Å². The van der Waals surface area contributed by atoms with Crippen LogP contribution >= 0.6 is 0 Å². The molecule has 0 saturated heterocycles. The SMILES string of the molecule is Cc1cc(C(=O)N2Cc3ncn(C)c3C[C@H]2CO)c(C)o1. The van der Waals surface area contributed by atoms with Gasteiger partial charge in [-0.1, -0.05) is 0 Å². The van der Waals surface area contributed by atoms with Crippen molar-refractivity contribution in [2.45, 2.75) is 32.9 Å². The van der Waals surface area contributed by atoms with E-state index in [9.17, 15) is 9.90 Å². The van der Waals surface area contributed by atoms with Crippen LogP contribution in [0.2, 0.25) is 0 Å². The largest absolute Gasteiger partial charge is 0.466 e. The average molecular weight is 289 g/mol. The molecule has 0 bridgehead atoms. The number of imidazole rings is 1. The van der Waals surface area contributed by atoms with E-state index in [0.29, 0.717) is 30.0 Å². The fourth-order valence-electron chi connectivity index (χ4n) is 2.92. The Labute approximate surface area is 123 Å². The molecule has 6 heteroatoms. The zero-order chi connectivity index (χ0) is 15.1. The van der Waals surface area contributed by atoms with E-state index in [1.165, 1.54) is 0 Å². The second-order valence-corrected chi connectivity index (χ2v) is 5.55. The van der Waals surface area contributed by atoms with Crippen LogP contribution in [0.5, 0.6) is 0 Å². The van der Waals surface area contributed by atoms with Gasteiger partial charge in [0.1, 0.15) is 11.5 Å². The lowest BCUT2D eigenvalue weighted by Gasteiger charge is -2.34. The zero-order valence-corrected chi connectivity index (χ0v) is 12.5. The Hall–Kier alpha value is -2.08. The third-order valence-corrected chi connectivity index (χ3v) is 4.08. The molecule has 2 aromatic heterocycles. The van der Waals surface area contributed by atoms with E-state index >= 15 is 0 Å². The van der Waals surface area contributed by atoms with E-state index in [1.54, 1.807) is 24.2 Å². The minimum atomic E-state index is -0.227. The molecule has 0 aromatic carbocycles. The molecule has 1 aliphatic heterocycles. The van der Waals surface area contributed by atoms with Gasteiger partial charge in [0.2, 0.25) is 0 Å². The Kier molecular flexibility index (Phi) is 3.33. The number of carbonyl (C=O) groups excluding carboxylic acids is 1. The highest BCUT2D eigenvalue weighted by atomic mass is 16.3. The lowest BCUT2D eigenvalue weighted by Crippen LogP contribution is -2.46. The van der Waals surface area contributed by atoms with Gasteiger partial charge in [0.15, 0.2) is 0 Å². The van der Waals surface area contributed by atoms with Crippen LogP contribution in [-0.4, -0.2) is 38.1 Å². The molecule has 21 heavy (non-hydrogen) atoms. The fourth-order valence-corrected chi connectivity index (χ4v) is 2.92. The summed E-state index contributed by atoms with van der Waals surface area (Å²) in [6, 6.07) is 1.52. The number of furan rings is 1. The Morgan fingerprint density at radius 1 is 1.52 bits per heavy atom. The van der Waals surface area contributed by atoms with E-state index in [1.807, 2.05) is 18.5 Å². The van der Waals surface area contributed by atoms with Gasteiger partial charge in [0.25, 0.3) is 5.91 Å². The summed E-state index contributed by atoms with van der Waals surface area (Å²) in [7, 11) is 1.93. The third kappa shape index (κ3) is 2.25. The molecular weight excluding hydrogens is 270 g/mol. The summed E-state index contributed by atoms with van der Waals surface area (Å²) in [5.74, 6) is 1.22. The first kappa shape index (κ1) is 13.9. The van der Waals surface area contributed by atoms with E-state index in [2.05, 4.69) is 4.98 Å². The van der Waals surface area contributed by atoms with Gasteiger partial charge in [-0.15, -0.1) is 0 Å². The molecule has 3 heterocycles. The molecule has 3 rings (SSSR count). The number of hydrogen-bond donors (Lipinski definition) is 1. The number of amides is 1. The molecule has 1 aliphatic rings. The number of rotatable bonds is 2. The first-order valence-electron chi connectivity index (χ1n) is 6.99. The quantitative estimate of drug-likeness (QED) is 0.901. The summed E-state index contributed by atoms with van der Waals surface area (Å²) in [6.07, 6.45) is 2.37. The molecule has 2 aromatic rings. The number of aromatic nitrogens is 2. The summed E-state index contributed by atoms with van der Waals surface area (Å²) in [4.78, 5) is 18.8. The van der Waals surface area contributed by atoms with Gasteiger partial charge >= 0.3 is 0 Å². The minimum Gasteiger partial charge on any atom is -0.466 e. The van der Waals surface area contributed by atoms with Crippen LogP contribution in [-0.2, 0) is 20.0 Å². The van der Waals surface area contributed by atoms with Crippen molar-refractivity contribution in [3.63, 3.8) is 0 Å². The Morgan fingerprint density at radius 3 is 2.90 bits per heavy atom. The highest BCUT2D eigenvalue weighted by molar-refractivity contribution is 5.95. The summed E-state index contributed by atoms with van der Waals surface area (Å²) >= 11 is 0. The lowest BCUT2D eigenvalue weighted by atomic mass is 10.0. The molecule has 0 fully saturated rings. The Balaban J connectivity index is 1.94. The molecule has 1 atom stereocenters. The molecule has 1 N–H and O–H groups in total. The number of nitrogens with zero attached hydrogens (tertiary/aromatic N) is 3. The van der Waals surface area contributed by atoms with Gasteiger partial charge in [-0.05, 0) is 19.9 Å². The van der Waals surface area contributed by atoms with Crippen LogP contribution in [0.3, 0.4) is 0 Å². The molecule has 0 unspecified atom stereocenters. The fraction of sp³-hybridized carbons (Fsp3) is 0.467. The van der Waals surface area contributed by atoms with Crippen LogP contribution < -0.4 is 0 Å². The van der Waals surface area contributed by atoms with Crippen molar-refractivity contribution in [3.8, 4) is 0 Å². The molecule has 112 valence electrons. The molecule has 0 spiro atoms. The van der Waals surface area contributed by atoms with Gasteiger partial charge < -0.3 is 19.0 Å². The molecular formula is C15H19N3O3. The summed E-state index contributed by atoms with van der Waals surface area (Å²) in [6.45, 7) is 3.96. The van der Waals surface area contributed by atoms with Crippen molar-refractivity contribution >= 4 is 5.91 Å². The van der Waals surface area contributed by atoms with Crippen LogP contribution in [0.25, 0.3) is 0 Å². The summed E-state index contributed by atoms with van der Waals surface area (Å²) < 4.78 is 7.39. The van der Waals surface area contributed by atoms with Crippen molar-refractivity contribution < 1.29 is 14.3 Å². The summed E-state index contributed by atoms with van der Waals surface area (Å²) in [5, 5.41) is 9.64. The maximum absolute atomic E-state index is 12.7. The van der Waals surface area contributed by atoms with Gasteiger partial charge in [-0.25, -0.2) is 4.98 Å². The first-order chi connectivity index (χ1) is 10.0. The van der Waals surface area contributed by atoms with Crippen molar-refractivity contribution in [1.82, 2.24) is 14.5 Å². The second-order valence-electron chi connectivity index (χ2n) is 5.55. The standard InChI is InChI=1S/C15H19N3O3/c1-9-4-12(10(2)21-9)15(20)18-6-13-14(5-11(18)7-19)17(3)8-16-13/h4,8,11,19H,5-7H2,1-3H3/t11-/m0/s1. The molecule has 0 aliphatic carbocycles. The second kappa shape index (κ2) is 5.04. The number of hydrogen-bond acceptors (Lipinski definition) is 4. The lowest BCUT2D eigenvalue weighted by molar-refractivity contribution is 0.0534. The normalized spacial score (nSPS) is 17.9. The van der Waals surface area contributed by atoms with Gasteiger partial charge in [-0.3, -0.25) is 4.79 Å². The monoisotopic (exact) mass is 289 g/mol. The molecule has 0 radical (unpaired) electrons. The predicted molar refractivity (Wildman–Crippen MR) is 75.8 cm³/mol. The van der Waals surface area contributed by atoms with Gasteiger partial charge in [-0.2, -0.15) is 0 Å². The Bertz CT molecular complexity index is 686. The predicted octanol–water partition coefficient (Wildman–Crippen LogP) is 1.19. The molecule has 6 nitrogen and oxygen atoms in total. The number of fused-ring (bicyclic) bond motifs is 1. The average Bonchev–Trinajstić information content (AvgIpc) is 2.99. The zero-order valence-electron chi connectivity index (χ0n) is 12.5. The van der Waals surface area contributed by atoms with Crippen molar-refractivity contribution in [2.24, 2.45) is 7.05 Å². The van der Waals surface area contributed by atoms with E-state index < -0.39 is 0 Å². The summed E-state index contributed by atoms with van der Waals surface area (Å²) in [5.41, 5.74) is 2.54. The van der Waals surface area contributed by atoms with Crippen LogP contribution in [0.15, 0.2) is 16.8 Å². The van der Waals surface area contributed by atoms with E-state index in [4.69, 9.17) is 4.42 Å². The van der Waals surface area contributed by atoms with Crippen molar-refractivity contribution in [3.05, 3.63) is 40.9 Å². The van der Waals surface area contributed by atoms with Crippen LogP contribution in [0, 0.1) is 13.8 Å². The number of carbonyl (C=O) groups is 1. The van der Waals surface area contributed by atoms with E-state index in [-0.39, 0.29) is 18.6 Å². The topological polar surface area (TPSA) is 71.5 Å². The number of aliphatic hydroxyl groups is 1. The first-order valence-corrected chi connectivity index (χ1v) is 6.99. The van der Waals surface area contributed by atoms with Crippen molar-refractivity contribution in [1.29, 1.82) is 0 Å². The molecule has 0 saturated carbocycles. The van der Waals surface area contributed by atoms with E-state index in [0.717, 1.165) is 11.4 Å². The third-order valence-electron chi connectivity index (χ3n) is 4.08. The minimum absolute atomic E-state index is 0.0633. The Morgan fingerprint density at radius 2 is 2.29 bits per heavy atom. The molecule has 1 amide bonds. The highest BCUT2D eigenvalue weighted by Gasteiger charge is 2.33. The van der Waals surface area contributed by atoms with Crippen LogP contribution in [0.4, 0.5) is 0 Å². The maximum atomic E-state index is 12.7. The number of aliphatic hydroxyl groups excluding tert-OH is 1. The highest BCUT2D eigenvalue weighted by Crippen LogP contribution is 2.25. The maximum Gasteiger partial charge on any atom is 0.258 e. The van der Waals surface area contributed by atoms with Crippen LogP contribution in [0.1, 0.15) is 33.3 Å². The van der Waals surface area contributed by atoms with Gasteiger partial charge in [0, 0.05) is 19.2 Å². The number of aryl methyl sites for hydroxylation is 3. The smallest absolute Gasteiger partial charge is 0.258 e. The van der Waals surface area contributed by atoms with Gasteiger partial charge in [0.05, 0.1) is 36.8 Å².